The van der Waals surface area contributed by atoms with Crippen molar-refractivity contribution in [1.82, 2.24) is 10.2 Å². The number of halogens is 4. The third-order valence-electron chi connectivity index (χ3n) is 3.96. The van der Waals surface area contributed by atoms with Crippen LogP contribution in [0, 0.1) is 0 Å². The number of carbonyl (C=O) groups is 2. The Bertz CT molecular complexity index is 835. The maximum atomic E-state index is 12.7. The van der Waals surface area contributed by atoms with E-state index in [9.17, 15) is 22.8 Å². The molecule has 4 nitrogen and oxygen atoms in total. The number of benzene rings is 1. The second-order valence-corrected chi connectivity index (χ2v) is 7.46. The quantitative estimate of drug-likeness (QED) is 0.793. The molecule has 1 aliphatic heterocycles. The molecular weight excluding hydrogens is 377 g/mol. The van der Waals surface area contributed by atoms with Gasteiger partial charge in [0.25, 0.3) is 5.91 Å². The SMILES string of the molecule is C[C@@]1(c2ccc(Cl)s2)NC(=O)N(Cc2ccc(C(F)(F)F)cc2)C1=O. The average Bonchev–Trinajstić information content (AvgIpc) is 3.06. The Morgan fingerprint density at radius 3 is 2.32 bits per heavy atom. The van der Waals surface area contributed by atoms with E-state index in [1.807, 2.05) is 0 Å². The normalized spacial score (nSPS) is 20.9. The molecule has 1 aromatic carbocycles. The minimum absolute atomic E-state index is 0.114. The van der Waals surface area contributed by atoms with Crippen LogP contribution in [0.15, 0.2) is 36.4 Å². The number of rotatable bonds is 3. The highest BCUT2D eigenvalue weighted by atomic mass is 35.5. The summed E-state index contributed by atoms with van der Waals surface area (Å²) in [6.07, 6.45) is -4.43. The van der Waals surface area contributed by atoms with Crippen LogP contribution in [0.5, 0.6) is 0 Å². The third-order valence-corrected chi connectivity index (χ3v) is 5.42. The van der Waals surface area contributed by atoms with Gasteiger partial charge in [-0.15, -0.1) is 11.3 Å². The molecule has 132 valence electrons. The summed E-state index contributed by atoms with van der Waals surface area (Å²) < 4.78 is 38.3. The molecule has 0 saturated carbocycles. The van der Waals surface area contributed by atoms with Crippen molar-refractivity contribution in [3.8, 4) is 0 Å². The second-order valence-electron chi connectivity index (χ2n) is 5.74. The summed E-state index contributed by atoms with van der Waals surface area (Å²) in [6.45, 7) is 1.46. The summed E-state index contributed by atoms with van der Waals surface area (Å²) in [4.78, 5) is 26.5. The first kappa shape index (κ1) is 17.8. The van der Waals surface area contributed by atoms with Gasteiger partial charge in [0.15, 0.2) is 5.54 Å². The first-order chi connectivity index (χ1) is 11.6. The van der Waals surface area contributed by atoms with Crippen molar-refractivity contribution >= 4 is 34.9 Å². The molecule has 1 N–H and O–H groups in total. The second kappa shape index (κ2) is 6.03. The number of alkyl halides is 3. The van der Waals surface area contributed by atoms with E-state index in [4.69, 9.17) is 11.6 Å². The van der Waals surface area contributed by atoms with Crippen LogP contribution in [0.1, 0.15) is 22.9 Å². The van der Waals surface area contributed by atoms with Gasteiger partial charge in [0.2, 0.25) is 0 Å². The van der Waals surface area contributed by atoms with Gasteiger partial charge in [0.1, 0.15) is 0 Å². The van der Waals surface area contributed by atoms with Gasteiger partial charge >= 0.3 is 12.2 Å². The van der Waals surface area contributed by atoms with Crippen molar-refractivity contribution in [3.63, 3.8) is 0 Å². The van der Waals surface area contributed by atoms with Gasteiger partial charge in [-0.1, -0.05) is 23.7 Å². The number of amides is 3. The third kappa shape index (κ3) is 3.23. The van der Waals surface area contributed by atoms with Crippen LogP contribution in [-0.2, 0) is 23.1 Å². The van der Waals surface area contributed by atoms with Gasteiger partial charge in [-0.05, 0) is 36.8 Å². The zero-order chi connectivity index (χ0) is 18.4. The summed E-state index contributed by atoms with van der Waals surface area (Å²) in [6, 6.07) is 7.04. The molecular formula is C16H12ClF3N2O2S. The number of hydrogen-bond donors (Lipinski definition) is 1. The minimum atomic E-state index is -4.43. The molecule has 0 unspecified atom stereocenters. The monoisotopic (exact) mass is 388 g/mol. The van der Waals surface area contributed by atoms with Gasteiger partial charge in [-0.3, -0.25) is 9.69 Å². The molecule has 0 spiro atoms. The maximum absolute atomic E-state index is 12.7. The van der Waals surface area contributed by atoms with E-state index >= 15 is 0 Å². The van der Waals surface area contributed by atoms with Crippen molar-refractivity contribution < 1.29 is 22.8 Å². The first-order valence-corrected chi connectivity index (χ1v) is 8.37. The zero-order valence-electron chi connectivity index (χ0n) is 12.9. The van der Waals surface area contributed by atoms with E-state index in [2.05, 4.69) is 5.32 Å². The van der Waals surface area contributed by atoms with Crippen LogP contribution in [0.3, 0.4) is 0 Å². The molecule has 3 amide bonds. The highest BCUT2D eigenvalue weighted by Gasteiger charge is 2.49. The molecule has 25 heavy (non-hydrogen) atoms. The van der Waals surface area contributed by atoms with Gasteiger partial charge in [-0.2, -0.15) is 13.2 Å². The van der Waals surface area contributed by atoms with E-state index in [1.54, 1.807) is 19.1 Å². The Kier molecular flexibility index (Phi) is 4.28. The fourth-order valence-electron chi connectivity index (χ4n) is 2.57. The van der Waals surface area contributed by atoms with Crippen LogP contribution in [0.4, 0.5) is 18.0 Å². The van der Waals surface area contributed by atoms with Crippen molar-refractivity contribution in [1.29, 1.82) is 0 Å². The van der Waals surface area contributed by atoms with E-state index in [-0.39, 0.29) is 6.54 Å². The number of thiophene rings is 1. The van der Waals surface area contributed by atoms with Crippen molar-refractivity contribution in [2.45, 2.75) is 25.2 Å². The van der Waals surface area contributed by atoms with E-state index < -0.39 is 29.2 Å². The van der Waals surface area contributed by atoms with Crippen LogP contribution >= 0.6 is 22.9 Å². The Hall–Kier alpha value is -2.06. The fourth-order valence-corrected chi connectivity index (χ4v) is 3.71. The summed E-state index contributed by atoms with van der Waals surface area (Å²) in [5.41, 5.74) is -1.60. The maximum Gasteiger partial charge on any atom is 0.416 e. The number of imide groups is 1. The molecule has 0 radical (unpaired) electrons. The largest absolute Gasteiger partial charge is 0.416 e. The van der Waals surface area contributed by atoms with Gasteiger partial charge < -0.3 is 5.32 Å². The molecule has 0 aliphatic carbocycles. The number of nitrogens with zero attached hydrogens (tertiary/aromatic N) is 1. The molecule has 9 heteroatoms. The predicted octanol–water partition coefficient (Wildman–Crippen LogP) is 4.39. The highest BCUT2D eigenvalue weighted by molar-refractivity contribution is 7.16. The van der Waals surface area contributed by atoms with Crippen molar-refractivity contribution in [2.75, 3.05) is 0 Å². The molecule has 1 saturated heterocycles. The molecule has 1 fully saturated rings. The van der Waals surface area contributed by atoms with Gasteiger partial charge in [0, 0.05) is 4.88 Å². The van der Waals surface area contributed by atoms with E-state index in [0.717, 1.165) is 17.0 Å². The molecule has 1 atom stereocenters. The smallest absolute Gasteiger partial charge is 0.319 e. The molecule has 3 rings (SSSR count). The van der Waals surface area contributed by atoms with Crippen LogP contribution in [-0.4, -0.2) is 16.8 Å². The van der Waals surface area contributed by atoms with Crippen LogP contribution < -0.4 is 5.32 Å². The van der Waals surface area contributed by atoms with Gasteiger partial charge in [-0.25, -0.2) is 4.79 Å². The fraction of sp³-hybridized carbons (Fsp3) is 0.250. The molecule has 1 aliphatic rings. The molecule has 2 aromatic rings. The lowest BCUT2D eigenvalue weighted by molar-refractivity contribution is -0.137. The Morgan fingerprint density at radius 1 is 1.16 bits per heavy atom. The summed E-state index contributed by atoms with van der Waals surface area (Å²) in [5.74, 6) is -0.476. The van der Waals surface area contributed by atoms with Gasteiger partial charge in [0.05, 0.1) is 16.4 Å². The zero-order valence-corrected chi connectivity index (χ0v) is 14.4. The van der Waals surface area contributed by atoms with Crippen molar-refractivity contribution in [2.24, 2.45) is 0 Å². The lowest BCUT2D eigenvalue weighted by Gasteiger charge is -2.20. The average molecular weight is 389 g/mol. The summed E-state index contributed by atoms with van der Waals surface area (Å²) >= 11 is 7.07. The Balaban J connectivity index is 1.82. The number of carbonyl (C=O) groups excluding carboxylic acids is 2. The number of urea groups is 1. The first-order valence-electron chi connectivity index (χ1n) is 7.17. The van der Waals surface area contributed by atoms with Crippen molar-refractivity contribution in [3.05, 3.63) is 56.7 Å². The summed E-state index contributed by atoms with van der Waals surface area (Å²) in [7, 11) is 0. The number of hydrogen-bond acceptors (Lipinski definition) is 3. The lowest BCUT2D eigenvalue weighted by atomic mass is 10.0. The molecule has 2 heterocycles. The predicted molar refractivity (Wildman–Crippen MR) is 87.2 cm³/mol. The molecule has 1 aromatic heterocycles. The topological polar surface area (TPSA) is 49.4 Å². The van der Waals surface area contributed by atoms with Crippen LogP contribution in [0.25, 0.3) is 0 Å². The van der Waals surface area contributed by atoms with E-state index in [0.29, 0.717) is 14.8 Å². The van der Waals surface area contributed by atoms with Crippen LogP contribution in [0.2, 0.25) is 4.34 Å². The standard InChI is InChI=1S/C16H12ClF3N2O2S/c1-15(11-6-7-12(17)25-11)13(23)22(14(24)21-15)8-9-2-4-10(5-3-9)16(18,19)20/h2-7H,8H2,1H3,(H,21,24)/t15-/m0/s1. The minimum Gasteiger partial charge on any atom is -0.319 e. The number of nitrogens with one attached hydrogen (secondary N) is 1. The molecule has 0 bridgehead atoms. The Labute approximate surface area is 150 Å². The lowest BCUT2D eigenvalue weighted by Crippen LogP contribution is -2.40. The Morgan fingerprint density at radius 2 is 1.80 bits per heavy atom. The highest BCUT2D eigenvalue weighted by Crippen LogP contribution is 2.36. The van der Waals surface area contributed by atoms with E-state index in [1.165, 1.54) is 23.5 Å². The summed E-state index contributed by atoms with van der Waals surface area (Å²) in [5, 5.41) is 2.62.